The van der Waals surface area contributed by atoms with Crippen LogP contribution in [0.15, 0.2) is 29.6 Å². The van der Waals surface area contributed by atoms with Gasteiger partial charge in [-0.25, -0.2) is 9.37 Å². The summed E-state index contributed by atoms with van der Waals surface area (Å²) < 4.78 is 13.2. The summed E-state index contributed by atoms with van der Waals surface area (Å²) in [6.45, 7) is 4.91. The Morgan fingerprint density at radius 3 is 2.83 bits per heavy atom. The molecule has 4 heteroatoms. The van der Waals surface area contributed by atoms with Crippen LogP contribution in [0.5, 0.6) is 0 Å². The number of nitrogens with two attached hydrogens (primary N) is 1. The van der Waals surface area contributed by atoms with Crippen molar-refractivity contribution in [2.75, 3.05) is 6.54 Å². The summed E-state index contributed by atoms with van der Waals surface area (Å²) in [4.78, 5) is 4.61. The van der Waals surface area contributed by atoms with Gasteiger partial charge in [0.25, 0.3) is 0 Å². The largest absolute Gasteiger partial charge is 0.330 e. The lowest BCUT2D eigenvalue weighted by molar-refractivity contribution is 0.485. The van der Waals surface area contributed by atoms with E-state index in [9.17, 15) is 4.39 Å². The Labute approximate surface area is 111 Å². The van der Waals surface area contributed by atoms with Gasteiger partial charge in [-0.1, -0.05) is 26.0 Å². The van der Waals surface area contributed by atoms with Crippen LogP contribution in [0.3, 0.4) is 0 Å². The normalized spacial score (nSPS) is 11.8. The lowest BCUT2D eigenvalue weighted by atomic mass is 9.90. The first-order valence-electron chi connectivity index (χ1n) is 5.95. The van der Waals surface area contributed by atoms with E-state index in [0.29, 0.717) is 6.54 Å². The summed E-state index contributed by atoms with van der Waals surface area (Å²) in [5.74, 6) is -0.233. The number of benzene rings is 1. The quantitative estimate of drug-likeness (QED) is 0.916. The SMILES string of the molecule is CC(C)(CCN)c1nc(-c2cccc(F)c2)cs1. The first kappa shape index (κ1) is 13.2. The van der Waals surface area contributed by atoms with Crippen molar-refractivity contribution in [2.45, 2.75) is 25.7 Å². The molecule has 18 heavy (non-hydrogen) atoms. The summed E-state index contributed by atoms with van der Waals surface area (Å²) in [7, 11) is 0. The Balaban J connectivity index is 2.31. The van der Waals surface area contributed by atoms with E-state index in [0.717, 1.165) is 22.7 Å². The predicted octanol–water partition coefficient (Wildman–Crippen LogP) is 3.58. The van der Waals surface area contributed by atoms with Crippen molar-refractivity contribution in [1.29, 1.82) is 0 Å². The molecule has 2 aromatic rings. The van der Waals surface area contributed by atoms with Crippen LogP contribution in [-0.2, 0) is 5.41 Å². The zero-order valence-electron chi connectivity index (χ0n) is 10.6. The van der Waals surface area contributed by atoms with Crippen LogP contribution in [0.1, 0.15) is 25.3 Å². The third kappa shape index (κ3) is 2.76. The zero-order valence-corrected chi connectivity index (χ0v) is 11.4. The third-order valence-corrected chi connectivity index (χ3v) is 4.18. The minimum Gasteiger partial charge on any atom is -0.330 e. The van der Waals surface area contributed by atoms with E-state index in [1.54, 1.807) is 17.4 Å². The molecule has 1 aromatic heterocycles. The lowest BCUT2D eigenvalue weighted by Gasteiger charge is -2.20. The Morgan fingerprint density at radius 2 is 2.17 bits per heavy atom. The minimum atomic E-state index is -0.233. The molecule has 0 spiro atoms. The van der Waals surface area contributed by atoms with E-state index >= 15 is 0 Å². The molecule has 0 unspecified atom stereocenters. The number of hydrogen-bond donors (Lipinski definition) is 1. The fraction of sp³-hybridized carbons (Fsp3) is 0.357. The summed E-state index contributed by atoms with van der Waals surface area (Å²) in [6.07, 6.45) is 0.892. The molecular weight excluding hydrogens is 247 g/mol. The first-order valence-corrected chi connectivity index (χ1v) is 6.83. The Hall–Kier alpha value is -1.26. The number of rotatable bonds is 4. The Kier molecular flexibility index (Phi) is 3.78. The molecule has 96 valence electrons. The smallest absolute Gasteiger partial charge is 0.123 e. The van der Waals surface area contributed by atoms with E-state index in [1.165, 1.54) is 12.1 Å². The molecule has 0 aliphatic carbocycles. The highest BCUT2D eigenvalue weighted by Gasteiger charge is 2.23. The highest BCUT2D eigenvalue weighted by molar-refractivity contribution is 7.10. The third-order valence-electron chi connectivity index (χ3n) is 2.97. The van der Waals surface area contributed by atoms with Gasteiger partial charge in [0.2, 0.25) is 0 Å². The fourth-order valence-corrected chi connectivity index (χ4v) is 2.82. The van der Waals surface area contributed by atoms with E-state index < -0.39 is 0 Å². The average molecular weight is 264 g/mol. The van der Waals surface area contributed by atoms with Crippen molar-refractivity contribution < 1.29 is 4.39 Å². The predicted molar refractivity (Wildman–Crippen MR) is 74.2 cm³/mol. The summed E-state index contributed by atoms with van der Waals surface area (Å²) >= 11 is 1.61. The molecule has 0 fully saturated rings. The highest BCUT2D eigenvalue weighted by atomic mass is 32.1. The maximum Gasteiger partial charge on any atom is 0.123 e. The molecule has 2 N–H and O–H groups in total. The van der Waals surface area contributed by atoms with Gasteiger partial charge in [0.15, 0.2) is 0 Å². The molecule has 0 saturated carbocycles. The summed E-state index contributed by atoms with van der Waals surface area (Å²) in [6, 6.07) is 6.52. The second-order valence-corrected chi connectivity index (χ2v) is 5.83. The molecule has 0 saturated heterocycles. The maximum atomic E-state index is 13.2. The highest BCUT2D eigenvalue weighted by Crippen LogP contribution is 2.32. The van der Waals surface area contributed by atoms with Crippen LogP contribution < -0.4 is 5.73 Å². The van der Waals surface area contributed by atoms with Gasteiger partial charge in [-0.05, 0) is 25.1 Å². The van der Waals surface area contributed by atoms with Gasteiger partial charge in [-0.2, -0.15) is 0 Å². The fourth-order valence-electron chi connectivity index (χ4n) is 1.83. The second kappa shape index (κ2) is 5.16. The molecule has 0 radical (unpaired) electrons. The van der Waals surface area contributed by atoms with Gasteiger partial charge in [-0.3, -0.25) is 0 Å². The molecule has 0 atom stereocenters. The maximum absolute atomic E-state index is 13.2. The molecule has 2 rings (SSSR count). The molecule has 0 aliphatic heterocycles. The van der Waals surface area contributed by atoms with Gasteiger partial charge in [0, 0.05) is 16.4 Å². The van der Waals surface area contributed by atoms with Crippen LogP contribution in [-0.4, -0.2) is 11.5 Å². The lowest BCUT2D eigenvalue weighted by Crippen LogP contribution is -2.21. The Morgan fingerprint density at radius 1 is 1.39 bits per heavy atom. The van der Waals surface area contributed by atoms with Gasteiger partial charge >= 0.3 is 0 Å². The molecule has 0 aliphatic rings. The van der Waals surface area contributed by atoms with Gasteiger partial charge in [0.1, 0.15) is 5.82 Å². The summed E-state index contributed by atoms with van der Waals surface area (Å²) in [5, 5.41) is 3.02. The van der Waals surface area contributed by atoms with Crippen molar-refractivity contribution in [1.82, 2.24) is 4.98 Å². The van der Waals surface area contributed by atoms with Crippen LogP contribution in [0.25, 0.3) is 11.3 Å². The van der Waals surface area contributed by atoms with Crippen molar-refractivity contribution in [2.24, 2.45) is 5.73 Å². The van der Waals surface area contributed by atoms with Crippen molar-refractivity contribution in [3.8, 4) is 11.3 Å². The van der Waals surface area contributed by atoms with Gasteiger partial charge < -0.3 is 5.73 Å². The van der Waals surface area contributed by atoms with Crippen LogP contribution >= 0.6 is 11.3 Å². The molecule has 2 nitrogen and oxygen atoms in total. The summed E-state index contributed by atoms with van der Waals surface area (Å²) in [5.41, 5.74) is 7.25. The van der Waals surface area contributed by atoms with Crippen LogP contribution in [0, 0.1) is 5.82 Å². The zero-order chi connectivity index (χ0) is 13.2. The topological polar surface area (TPSA) is 38.9 Å². The number of hydrogen-bond acceptors (Lipinski definition) is 3. The minimum absolute atomic E-state index is 0.0228. The van der Waals surface area contributed by atoms with E-state index in [4.69, 9.17) is 5.73 Å². The van der Waals surface area contributed by atoms with E-state index in [-0.39, 0.29) is 11.2 Å². The van der Waals surface area contributed by atoms with Crippen LogP contribution in [0.2, 0.25) is 0 Å². The number of thiazole rings is 1. The van der Waals surface area contributed by atoms with Crippen molar-refractivity contribution in [3.05, 3.63) is 40.5 Å². The molecule has 0 amide bonds. The van der Waals surface area contributed by atoms with E-state index in [2.05, 4.69) is 18.8 Å². The standard InChI is InChI=1S/C14H17FN2S/c1-14(2,6-7-16)13-17-12(9-18-13)10-4-3-5-11(15)8-10/h3-5,8-9H,6-7,16H2,1-2H3. The second-order valence-electron chi connectivity index (χ2n) is 4.97. The molecular formula is C14H17FN2S. The Bertz CT molecular complexity index is 534. The number of halogens is 1. The van der Waals surface area contributed by atoms with Crippen LogP contribution in [0.4, 0.5) is 4.39 Å². The molecule has 1 aromatic carbocycles. The number of nitrogens with zero attached hydrogens (tertiary/aromatic N) is 1. The number of aromatic nitrogens is 1. The van der Waals surface area contributed by atoms with Gasteiger partial charge in [0.05, 0.1) is 10.7 Å². The molecule has 1 heterocycles. The van der Waals surface area contributed by atoms with E-state index in [1.807, 2.05) is 11.4 Å². The van der Waals surface area contributed by atoms with Crippen molar-refractivity contribution >= 4 is 11.3 Å². The average Bonchev–Trinajstić information content (AvgIpc) is 2.78. The van der Waals surface area contributed by atoms with Crippen molar-refractivity contribution in [3.63, 3.8) is 0 Å². The first-order chi connectivity index (χ1) is 8.53. The molecule has 0 bridgehead atoms. The monoisotopic (exact) mass is 264 g/mol. The van der Waals surface area contributed by atoms with Gasteiger partial charge in [-0.15, -0.1) is 11.3 Å².